The molecule has 23 heavy (non-hydrogen) atoms. The predicted octanol–water partition coefficient (Wildman–Crippen LogP) is 0.521. The number of fused-ring (bicyclic) bond motifs is 1. The molecule has 0 unspecified atom stereocenters. The van der Waals surface area contributed by atoms with Gasteiger partial charge in [0.05, 0.1) is 13.2 Å². The van der Waals surface area contributed by atoms with Gasteiger partial charge in [-0.15, -0.1) is 0 Å². The summed E-state index contributed by atoms with van der Waals surface area (Å²) in [5.74, 6) is -1.28. The molecule has 1 aromatic rings. The number of ether oxygens (including phenoxy) is 1. The van der Waals surface area contributed by atoms with Gasteiger partial charge in [0, 0.05) is 31.3 Å². The lowest BCUT2D eigenvalue weighted by atomic mass is 10.1. The van der Waals surface area contributed by atoms with Gasteiger partial charge in [0.15, 0.2) is 6.10 Å². The minimum absolute atomic E-state index is 0.0136. The second-order valence-electron chi connectivity index (χ2n) is 5.71. The molecule has 122 valence electrons. The second kappa shape index (κ2) is 6.00. The minimum atomic E-state index is -1.06. The van der Waals surface area contributed by atoms with Crippen LogP contribution < -0.4 is 4.90 Å². The van der Waals surface area contributed by atoms with E-state index >= 15 is 0 Å². The van der Waals surface area contributed by atoms with Crippen molar-refractivity contribution >= 4 is 23.5 Å². The van der Waals surface area contributed by atoms with Gasteiger partial charge in [-0.25, -0.2) is 4.79 Å². The van der Waals surface area contributed by atoms with Crippen molar-refractivity contribution in [1.29, 1.82) is 0 Å². The van der Waals surface area contributed by atoms with Crippen LogP contribution in [0.15, 0.2) is 18.2 Å². The van der Waals surface area contributed by atoms with Gasteiger partial charge in [-0.3, -0.25) is 9.59 Å². The maximum absolute atomic E-state index is 12.6. The molecule has 7 heteroatoms. The highest BCUT2D eigenvalue weighted by Crippen LogP contribution is 2.29. The van der Waals surface area contributed by atoms with E-state index in [4.69, 9.17) is 9.84 Å². The Balaban J connectivity index is 1.79. The first-order valence-corrected chi connectivity index (χ1v) is 7.52. The normalized spacial score (nSPS) is 20.3. The van der Waals surface area contributed by atoms with Crippen LogP contribution >= 0.6 is 0 Å². The first-order chi connectivity index (χ1) is 11.0. The fraction of sp³-hybridized carbons (Fsp3) is 0.438. The molecule has 2 heterocycles. The van der Waals surface area contributed by atoms with Crippen LogP contribution in [0.25, 0.3) is 0 Å². The molecule has 1 saturated heterocycles. The Morgan fingerprint density at radius 3 is 2.74 bits per heavy atom. The number of anilines is 1. The molecule has 1 fully saturated rings. The topological polar surface area (TPSA) is 87.2 Å². The van der Waals surface area contributed by atoms with Crippen LogP contribution in [0.2, 0.25) is 0 Å². The molecule has 1 aromatic carbocycles. The lowest BCUT2D eigenvalue weighted by Gasteiger charge is -2.31. The second-order valence-corrected chi connectivity index (χ2v) is 5.71. The molecule has 3 rings (SSSR count). The Bertz CT molecular complexity index is 672. The van der Waals surface area contributed by atoms with Gasteiger partial charge < -0.3 is 19.6 Å². The highest BCUT2D eigenvalue weighted by Gasteiger charge is 2.30. The van der Waals surface area contributed by atoms with Gasteiger partial charge in [0.2, 0.25) is 5.91 Å². The quantitative estimate of drug-likeness (QED) is 0.859. The molecule has 0 radical (unpaired) electrons. The summed E-state index contributed by atoms with van der Waals surface area (Å²) in [7, 11) is 0. The summed E-state index contributed by atoms with van der Waals surface area (Å²) < 4.78 is 5.13. The van der Waals surface area contributed by atoms with Crippen LogP contribution in [-0.2, 0) is 20.7 Å². The van der Waals surface area contributed by atoms with E-state index < -0.39 is 12.1 Å². The zero-order chi connectivity index (χ0) is 16.6. The summed E-state index contributed by atoms with van der Waals surface area (Å²) in [4.78, 5) is 38.3. The van der Waals surface area contributed by atoms with E-state index in [2.05, 4.69) is 0 Å². The molecule has 0 aromatic heterocycles. The van der Waals surface area contributed by atoms with Crippen molar-refractivity contribution in [3.8, 4) is 0 Å². The molecule has 0 bridgehead atoms. The fourth-order valence-corrected chi connectivity index (χ4v) is 3.03. The number of benzene rings is 1. The Labute approximate surface area is 133 Å². The Morgan fingerprint density at radius 2 is 2.04 bits per heavy atom. The summed E-state index contributed by atoms with van der Waals surface area (Å²) in [5, 5.41) is 9.02. The SMILES string of the molecule is CC(=O)N1CCc2cc(C(=O)N3CCO[C@@H](C(=O)O)C3)ccc21. The maximum Gasteiger partial charge on any atom is 0.334 e. The van der Waals surface area contributed by atoms with Crippen LogP contribution in [0.3, 0.4) is 0 Å². The van der Waals surface area contributed by atoms with Crippen LogP contribution in [0.5, 0.6) is 0 Å². The average molecular weight is 318 g/mol. The minimum Gasteiger partial charge on any atom is -0.479 e. The van der Waals surface area contributed by atoms with Crippen molar-refractivity contribution in [2.24, 2.45) is 0 Å². The number of hydrogen-bond acceptors (Lipinski definition) is 4. The van der Waals surface area contributed by atoms with Crippen molar-refractivity contribution in [2.45, 2.75) is 19.4 Å². The largest absolute Gasteiger partial charge is 0.479 e. The number of amides is 2. The number of nitrogens with zero attached hydrogens (tertiary/aromatic N) is 2. The van der Waals surface area contributed by atoms with E-state index in [0.717, 1.165) is 17.7 Å². The van der Waals surface area contributed by atoms with Gasteiger partial charge >= 0.3 is 5.97 Å². The smallest absolute Gasteiger partial charge is 0.334 e. The number of morpholine rings is 1. The highest BCUT2D eigenvalue weighted by molar-refractivity contribution is 5.98. The summed E-state index contributed by atoms with van der Waals surface area (Å²) in [5.41, 5.74) is 2.33. The monoisotopic (exact) mass is 318 g/mol. The molecule has 7 nitrogen and oxygen atoms in total. The zero-order valence-electron chi connectivity index (χ0n) is 12.8. The fourth-order valence-electron chi connectivity index (χ4n) is 3.03. The molecule has 1 N–H and O–H groups in total. The molecular weight excluding hydrogens is 300 g/mol. The van der Waals surface area contributed by atoms with Crippen LogP contribution in [-0.4, -0.2) is 60.1 Å². The number of carboxylic acid groups (broad SMARTS) is 1. The number of rotatable bonds is 2. The lowest BCUT2D eigenvalue weighted by molar-refractivity contribution is -0.154. The molecule has 0 spiro atoms. The predicted molar refractivity (Wildman–Crippen MR) is 81.5 cm³/mol. The molecule has 0 saturated carbocycles. The van der Waals surface area contributed by atoms with Gasteiger partial charge in [-0.05, 0) is 30.2 Å². The van der Waals surface area contributed by atoms with E-state index in [0.29, 0.717) is 18.7 Å². The maximum atomic E-state index is 12.6. The Hall–Kier alpha value is -2.41. The van der Waals surface area contributed by atoms with E-state index in [1.807, 2.05) is 0 Å². The van der Waals surface area contributed by atoms with Gasteiger partial charge in [-0.2, -0.15) is 0 Å². The zero-order valence-corrected chi connectivity index (χ0v) is 12.8. The highest BCUT2D eigenvalue weighted by atomic mass is 16.5. The van der Waals surface area contributed by atoms with E-state index in [-0.39, 0.29) is 25.0 Å². The van der Waals surface area contributed by atoms with Crippen LogP contribution in [0, 0.1) is 0 Å². The molecule has 0 aliphatic carbocycles. The average Bonchev–Trinajstić information content (AvgIpc) is 2.97. The standard InChI is InChI=1S/C16H18N2O5/c1-10(19)18-5-4-11-8-12(2-3-13(11)18)15(20)17-6-7-23-14(9-17)16(21)22/h2-3,8,14H,4-7,9H2,1H3,(H,21,22)/t14-/m1/s1. The summed E-state index contributed by atoms with van der Waals surface area (Å²) >= 11 is 0. The third-order valence-electron chi connectivity index (χ3n) is 4.23. The van der Waals surface area contributed by atoms with Crippen molar-refractivity contribution in [2.75, 3.05) is 31.1 Å². The third-order valence-corrected chi connectivity index (χ3v) is 4.23. The van der Waals surface area contributed by atoms with Gasteiger partial charge in [-0.1, -0.05) is 0 Å². The van der Waals surface area contributed by atoms with E-state index in [1.165, 1.54) is 11.8 Å². The third kappa shape index (κ3) is 2.92. The summed E-state index contributed by atoms with van der Waals surface area (Å²) in [6.07, 6.45) is -0.257. The van der Waals surface area contributed by atoms with Crippen molar-refractivity contribution in [3.05, 3.63) is 29.3 Å². The number of hydrogen-bond donors (Lipinski definition) is 1. The van der Waals surface area contributed by atoms with Gasteiger partial charge in [0.1, 0.15) is 0 Å². The Kier molecular flexibility index (Phi) is 4.04. The first kappa shape index (κ1) is 15.5. The van der Waals surface area contributed by atoms with Crippen LogP contribution in [0.4, 0.5) is 5.69 Å². The lowest BCUT2D eigenvalue weighted by Crippen LogP contribution is -2.48. The number of aliphatic carboxylic acids is 1. The van der Waals surface area contributed by atoms with Crippen molar-refractivity contribution < 1.29 is 24.2 Å². The molecule has 2 aliphatic heterocycles. The van der Waals surface area contributed by atoms with Crippen LogP contribution in [0.1, 0.15) is 22.8 Å². The first-order valence-electron chi connectivity index (χ1n) is 7.52. The number of carbonyl (C=O) groups excluding carboxylic acids is 2. The van der Waals surface area contributed by atoms with Crippen molar-refractivity contribution in [1.82, 2.24) is 4.90 Å². The number of carboxylic acids is 1. The summed E-state index contributed by atoms with van der Waals surface area (Å²) in [6.45, 7) is 2.78. The molecule has 2 amide bonds. The molecule has 1 atom stereocenters. The van der Waals surface area contributed by atoms with Crippen molar-refractivity contribution in [3.63, 3.8) is 0 Å². The number of carbonyl (C=O) groups is 3. The Morgan fingerprint density at radius 1 is 1.26 bits per heavy atom. The van der Waals surface area contributed by atoms with Gasteiger partial charge in [0.25, 0.3) is 5.91 Å². The van der Waals surface area contributed by atoms with E-state index in [1.54, 1.807) is 23.1 Å². The van der Waals surface area contributed by atoms with E-state index in [9.17, 15) is 14.4 Å². The molecular formula is C16H18N2O5. The summed E-state index contributed by atoms with van der Waals surface area (Å²) in [6, 6.07) is 5.27. The molecule has 2 aliphatic rings.